The lowest BCUT2D eigenvalue weighted by Crippen LogP contribution is -2.05. The van der Waals surface area contributed by atoms with Gasteiger partial charge in [-0.2, -0.15) is 0 Å². The van der Waals surface area contributed by atoms with E-state index in [-0.39, 0.29) is 29.2 Å². The summed E-state index contributed by atoms with van der Waals surface area (Å²) < 4.78 is 14.8. The lowest BCUT2D eigenvalue weighted by molar-refractivity contribution is -0.0557. The van der Waals surface area contributed by atoms with Crippen molar-refractivity contribution in [1.82, 2.24) is 0 Å². The average molecular weight is 254 g/mol. The second-order valence-electron chi connectivity index (χ2n) is 3.96. The van der Waals surface area contributed by atoms with Crippen molar-refractivity contribution < 1.29 is 29.2 Å². The van der Waals surface area contributed by atoms with Crippen LogP contribution >= 0.6 is 0 Å². The summed E-state index contributed by atoms with van der Waals surface area (Å²) in [5.41, 5.74) is 1.10. The number of phenolic OH excluding ortho intramolecular Hbond substituents is 1. The van der Waals surface area contributed by atoms with Crippen molar-refractivity contribution in [3.63, 3.8) is 0 Å². The van der Waals surface area contributed by atoms with Crippen LogP contribution in [0.3, 0.4) is 0 Å². The van der Waals surface area contributed by atoms with Crippen LogP contribution < -0.4 is 4.74 Å². The number of fused-ring (bicyclic) bond motifs is 1. The second-order valence-corrected chi connectivity index (χ2v) is 3.96. The molecule has 0 amide bonds. The summed E-state index contributed by atoms with van der Waals surface area (Å²) in [5, 5.41) is 19.8. The number of carbonyl (C=O) groups excluding carboxylic acids is 1. The largest absolute Gasteiger partial charge is 0.507 e. The first-order valence-electron chi connectivity index (χ1n) is 5.33. The molecule has 2 rings (SSSR count). The third kappa shape index (κ3) is 1.61. The summed E-state index contributed by atoms with van der Waals surface area (Å²) >= 11 is 0. The zero-order chi connectivity index (χ0) is 13.4. The molecule has 1 atom stereocenters. The van der Waals surface area contributed by atoms with E-state index in [1.807, 2.05) is 0 Å². The number of phenols is 1. The van der Waals surface area contributed by atoms with Crippen LogP contribution in [-0.2, 0) is 16.1 Å². The SMILES string of the molecule is COCc1c(O)c(C)c(OC)c2c1[C@@H](O)OC2=O. The topological polar surface area (TPSA) is 85.2 Å². The maximum absolute atomic E-state index is 11.7. The van der Waals surface area contributed by atoms with E-state index in [1.54, 1.807) is 6.92 Å². The number of ether oxygens (including phenoxy) is 3. The minimum atomic E-state index is -1.40. The zero-order valence-electron chi connectivity index (χ0n) is 10.3. The van der Waals surface area contributed by atoms with Crippen molar-refractivity contribution in [3.05, 3.63) is 22.3 Å². The molecule has 0 saturated carbocycles. The van der Waals surface area contributed by atoms with Gasteiger partial charge in [-0.15, -0.1) is 0 Å². The molecule has 0 aromatic heterocycles. The van der Waals surface area contributed by atoms with E-state index < -0.39 is 12.3 Å². The monoisotopic (exact) mass is 254 g/mol. The van der Waals surface area contributed by atoms with Crippen LogP contribution in [0.4, 0.5) is 0 Å². The summed E-state index contributed by atoms with van der Waals surface area (Å²) in [6.07, 6.45) is -1.40. The van der Waals surface area contributed by atoms with Crippen molar-refractivity contribution in [3.8, 4) is 11.5 Å². The van der Waals surface area contributed by atoms with Crippen molar-refractivity contribution in [2.75, 3.05) is 14.2 Å². The molecular weight excluding hydrogens is 240 g/mol. The number of aromatic hydroxyl groups is 1. The Morgan fingerprint density at radius 2 is 2.06 bits per heavy atom. The van der Waals surface area contributed by atoms with Crippen molar-refractivity contribution in [2.24, 2.45) is 0 Å². The highest BCUT2D eigenvalue weighted by Gasteiger charge is 2.38. The Bertz CT molecular complexity index is 508. The number of esters is 1. The maximum atomic E-state index is 11.7. The van der Waals surface area contributed by atoms with Gasteiger partial charge in [-0.05, 0) is 6.92 Å². The molecular formula is C12H14O6. The van der Waals surface area contributed by atoms with Gasteiger partial charge in [0.25, 0.3) is 0 Å². The Kier molecular flexibility index (Phi) is 3.14. The summed E-state index contributed by atoms with van der Waals surface area (Å²) in [5.74, 6) is -0.525. The number of carbonyl (C=O) groups is 1. The number of benzene rings is 1. The quantitative estimate of drug-likeness (QED) is 0.783. The van der Waals surface area contributed by atoms with Gasteiger partial charge in [0, 0.05) is 23.8 Å². The van der Waals surface area contributed by atoms with E-state index in [0.717, 1.165) is 0 Å². The zero-order valence-corrected chi connectivity index (χ0v) is 10.3. The fraction of sp³-hybridized carbons (Fsp3) is 0.417. The fourth-order valence-electron chi connectivity index (χ4n) is 2.16. The van der Waals surface area contributed by atoms with Crippen molar-refractivity contribution in [2.45, 2.75) is 19.8 Å². The molecule has 0 aliphatic carbocycles. The number of cyclic esters (lactones) is 1. The molecule has 0 fully saturated rings. The van der Waals surface area contributed by atoms with Crippen LogP contribution in [0.2, 0.25) is 0 Å². The normalized spacial score (nSPS) is 17.6. The molecule has 0 spiro atoms. The van der Waals surface area contributed by atoms with Gasteiger partial charge in [-0.3, -0.25) is 0 Å². The average Bonchev–Trinajstić information content (AvgIpc) is 2.61. The Morgan fingerprint density at radius 3 is 2.61 bits per heavy atom. The summed E-state index contributed by atoms with van der Waals surface area (Å²) in [7, 11) is 2.84. The van der Waals surface area contributed by atoms with E-state index in [0.29, 0.717) is 11.1 Å². The van der Waals surface area contributed by atoms with Gasteiger partial charge < -0.3 is 24.4 Å². The van der Waals surface area contributed by atoms with Gasteiger partial charge in [0.2, 0.25) is 6.29 Å². The number of aliphatic hydroxyl groups is 1. The number of hydrogen-bond donors (Lipinski definition) is 2. The molecule has 1 aliphatic rings. The Morgan fingerprint density at radius 1 is 1.39 bits per heavy atom. The molecule has 0 saturated heterocycles. The van der Waals surface area contributed by atoms with E-state index >= 15 is 0 Å². The van der Waals surface area contributed by atoms with Crippen LogP contribution in [0.1, 0.15) is 33.3 Å². The Labute approximate surface area is 104 Å². The molecule has 6 nitrogen and oxygen atoms in total. The van der Waals surface area contributed by atoms with Crippen LogP contribution in [0.25, 0.3) is 0 Å². The van der Waals surface area contributed by atoms with E-state index in [9.17, 15) is 15.0 Å². The highest BCUT2D eigenvalue weighted by atomic mass is 16.6. The van der Waals surface area contributed by atoms with Crippen LogP contribution in [0.5, 0.6) is 11.5 Å². The summed E-state index contributed by atoms with van der Waals surface area (Å²) in [4.78, 5) is 11.7. The Balaban J connectivity index is 2.79. The molecule has 2 N–H and O–H groups in total. The van der Waals surface area contributed by atoms with Gasteiger partial charge in [-0.25, -0.2) is 4.79 Å². The summed E-state index contributed by atoms with van der Waals surface area (Å²) in [6.45, 7) is 1.68. The van der Waals surface area contributed by atoms with Gasteiger partial charge in [0.1, 0.15) is 17.1 Å². The third-order valence-electron chi connectivity index (χ3n) is 2.97. The standard InChI is InChI=1S/C12H14O6/c1-5-9(13)6(4-16-2)7-8(10(5)17-3)12(15)18-11(7)14/h11,13-14H,4H2,1-3H3/t11-/m0/s1. The van der Waals surface area contributed by atoms with Crippen LogP contribution in [0, 0.1) is 6.92 Å². The van der Waals surface area contributed by atoms with Crippen molar-refractivity contribution in [1.29, 1.82) is 0 Å². The minimum absolute atomic E-state index is 0.0622. The molecule has 0 bridgehead atoms. The first kappa shape index (κ1) is 12.7. The molecule has 1 aromatic carbocycles. The first-order chi connectivity index (χ1) is 8.52. The molecule has 0 radical (unpaired) electrons. The van der Waals surface area contributed by atoms with Crippen LogP contribution in [-0.4, -0.2) is 30.4 Å². The number of rotatable bonds is 3. The van der Waals surface area contributed by atoms with Crippen molar-refractivity contribution >= 4 is 5.97 Å². The smallest absolute Gasteiger partial charge is 0.345 e. The fourth-order valence-corrected chi connectivity index (χ4v) is 2.16. The van der Waals surface area contributed by atoms with Gasteiger partial charge >= 0.3 is 5.97 Å². The summed E-state index contributed by atoms with van der Waals surface area (Å²) in [6, 6.07) is 0. The Hall–Kier alpha value is -1.79. The molecule has 1 aromatic rings. The number of hydrogen-bond acceptors (Lipinski definition) is 6. The van der Waals surface area contributed by atoms with Gasteiger partial charge in [0.15, 0.2) is 0 Å². The molecule has 1 aliphatic heterocycles. The molecule has 18 heavy (non-hydrogen) atoms. The molecule has 0 unspecified atom stereocenters. The highest BCUT2D eigenvalue weighted by Crippen LogP contribution is 2.45. The van der Waals surface area contributed by atoms with Gasteiger partial charge in [0.05, 0.1) is 13.7 Å². The second kappa shape index (κ2) is 4.47. The predicted molar refractivity (Wildman–Crippen MR) is 60.5 cm³/mol. The first-order valence-corrected chi connectivity index (χ1v) is 5.33. The number of methoxy groups -OCH3 is 2. The highest BCUT2D eigenvalue weighted by molar-refractivity contribution is 5.98. The van der Waals surface area contributed by atoms with Crippen LogP contribution in [0.15, 0.2) is 0 Å². The maximum Gasteiger partial charge on any atom is 0.345 e. The predicted octanol–water partition coefficient (Wildman–Crippen LogP) is 1.02. The van der Waals surface area contributed by atoms with Gasteiger partial charge in [-0.1, -0.05) is 0 Å². The molecule has 1 heterocycles. The van der Waals surface area contributed by atoms with E-state index in [1.165, 1.54) is 14.2 Å². The number of aliphatic hydroxyl groups excluding tert-OH is 1. The van der Waals surface area contributed by atoms with E-state index in [2.05, 4.69) is 0 Å². The molecule has 98 valence electrons. The van der Waals surface area contributed by atoms with E-state index in [4.69, 9.17) is 14.2 Å². The molecule has 6 heteroatoms. The minimum Gasteiger partial charge on any atom is -0.507 e. The third-order valence-corrected chi connectivity index (χ3v) is 2.97. The lowest BCUT2D eigenvalue weighted by atomic mass is 9.96. The lowest BCUT2D eigenvalue weighted by Gasteiger charge is -2.16.